The molecule has 0 aromatic heterocycles. The molecule has 0 N–H and O–H groups in total. The van der Waals surface area contributed by atoms with Gasteiger partial charge in [-0.05, 0) is 25.5 Å². The number of anilines is 1. The maximum atomic E-state index is 11.8. The number of nitrogens with zero attached hydrogens (tertiary/aromatic N) is 2. The normalized spacial score (nSPS) is 19.1. The first-order valence-corrected chi connectivity index (χ1v) is 6.21. The summed E-state index contributed by atoms with van der Waals surface area (Å²) < 4.78 is 0. The van der Waals surface area contributed by atoms with Crippen molar-refractivity contribution in [3.05, 3.63) is 30.3 Å². The minimum atomic E-state index is -0.0115. The van der Waals surface area contributed by atoms with Gasteiger partial charge in [-0.1, -0.05) is 18.2 Å². The first-order chi connectivity index (χ1) is 8.59. The Bertz CT molecular complexity index is 444. The van der Waals surface area contributed by atoms with Crippen LogP contribution < -0.4 is 5.01 Å². The minimum Gasteiger partial charge on any atom is -0.300 e. The Balaban J connectivity index is 2.22. The number of hydrogen-bond acceptors (Lipinski definition) is 3. The second kappa shape index (κ2) is 5.21. The summed E-state index contributed by atoms with van der Waals surface area (Å²) >= 11 is 0. The molecule has 4 nitrogen and oxygen atoms in total. The van der Waals surface area contributed by atoms with Crippen molar-refractivity contribution in [3.63, 3.8) is 0 Å². The molecule has 0 saturated carbocycles. The summed E-state index contributed by atoms with van der Waals surface area (Å²) in [5.41, 5.74) is 0.999. The van der Waals surface area contributed by atoms with Gasteiger partial charge in [-0.2, -0.15) is 0 Å². The fraction of sp³-hybridized carbons (Fsp3) is 0.429. The zero-order valence-electron chi connectivity index (χ0n) is 10.8. The Morgan fingerprint density at radius 3 is 2.44 bits per heavy atom. The first-order valence-electron chi connectivity index (χ1n) is 6.21. The van der Waals surface area contributed by atoms with Crippen LogP contribution in [0.1, 0.15) is 26.7 Å². The summed E-state index contributed by atoms with van der Waals surface area (Å²) in [6, 6.07) is 9.81. The topological polar surface area (TPSA) is 40.6 Å². The first kappa shape index (κ1) is 12.6. The molecule has 1 saturated heterocycles. The molecule has 0 bridgehead atoms. The summed E-state index contributed by atoms with van der Waals surface area (Å²) in [5, 5.41) is 3.69. The molecule has 1 aromatic carbocycles. The molecule has 96 valence electrons. The molecule has 4 heteroatoms. The highest BCUT2D eigenvalue weighted by molar-refractivity contribution is 5.80. The summed E-state index contributed by atoms with van der Waals surface area (Å²) in [5.74, 6) is 0.115. The van der Waals surface area contributed by atoms with Crippen molar-refractivity contribution >= 4 is 17.4 Å². The average Bonchev–Trinajstić information content (AvgIpc) is 2.73. The standard InChI is InChI=1S/C14H18N2O2/c1-11(17)10-14-8-9-15(16(14)12(2)18)13-6-4-3-5-7-13/h3-7,14H,8-10H2,1-2H3/t14-/m0/s1. The van der Waals surface area contributed by atoms with Gasteiger partial charge < -0.3 is 0 Å². The lowest BCUT2D eigenvalue weighted by Gasteiger charge is -2.32. The van der Waals surface area contributed by atoms with Gasteiger partial charge in [0.2, 0.25) is 5.91 Å². The van der Waals surface area contributed by atoms with Crippen LogP contribution in [0.2, 0.25) is 0 Å². The molecule has 1 aliphatic heterocycles. The second-order valence-corrected chi connectivity index (χ2v) is 4.67. The summed E-state index contributed by atoms with van der Waals surface area (Å²) in [6.07, 6.45) is 1.27. The highest BCUT2D eigenvalue weighted by atomic mass is 16.2. The second-order valence-electron chi connectivity index (χ2n) is 4.67. The van der Waals surface area contributed by atoms with Crippen LogP contribution in [-0.4, -0.2) is 29.3 Å². The van der Waals surface area contributed by atoms with Crippen molar-refractivity contribution in [2.45, 2.75) is 32.7 Å². The van der Waals surface area contributed by atoms with Crippen LogP contribution in [0.3, 0.4) is 0 Å². The highest BCUT2D eigenvalue weighted by Gasteiger charge is 2.34. The van der Waals surface area contributed by atoms with Gasteiger partial charge in [0.1, 0.15) is 5.78 Å². The van der Waals surface area contributed by atoms with E-state index in [1.165, 1.54) is 0 Å². The van der Waals surface area contributed by atoms with E-state index in [1.807, 2.05) is 35.3 Å². The van der Waals surface area contributed by atoms with Gasteiger partial charge in [-0.25, -0.2) is 0 Å². The number of carbonyl (C=O) groups excluding carboxylic acids is 2. The number of hydrogen-bond donors (Lipinski definition) is 0. The van der Waals surface area contributed by atoms with Crippen LogP contribution in [0.5, 0.6) is 0 Å². The van der Waals surface area contributed by atoms with Gasteiger partial charge in [0, 0.05) is 19.9 Å². The van der Waals surface area contributed by atoms with E-state index in [-0.39, 0.29) is 17.7 Å². The van der Waals surface area contributed by atoms with Crippen LogP contribution in [0.25, 0.3) is 0 Å². The number of hydrazine groups is 1. The lowest BCUT2D eigenvalue weighted by atomic mass is 10.1. The maximum Gasteiger partial charge on any atom is 0.238 e. The zero-order valence-corrected chi connectivity index (χ0v) is 10.8. The molecule has 18 heavy (non-hydrogen) atoms. The SMILES string of the molecule is CC(=O)C[C@@H]1CCN(c2ccccc2)N1C(C)=O. The fourth-order valence-electron chi connectivity index (χ4n) is 2.50. The molecule has 1 fully saturated rings. The molecule has 1 atom stereocenters. The third-order valence-corrected chi connectivity index (χ3v) is 3.18. The lowest BCUT2D eigenvalue weighted by molar-refractivity contribution is -0.131. The third kappa shape index (κ3) is 2.53. The molecule has 1 aliphatic rings. The van der Waals surface area contributed by atoms with Crippen LogP contribution in [0.4, 0.5) is 5.69 Å². The molecule has 2 rings (SSSR count). The Hall–Kier alpha value is -1.84. The van der Waals surface area contributed by atoms with Crippen molar-refractivity contribution in [1.29, 1.82) is 0 Å². The predicted molar refractivity (Wildman–Crippen MR) is 70.0 cm³/mol. The Morgan fingerprint density at radius 1 is 1.22 bits per heavy atom. The summed E-state index contributed by atoms with van der Waals surface area (Å²) in [7, 11) is 0. The molecule has 1 amide bonds. The number of rotatable bonds is 3. The molecule has 1 aromatic rings. The number of Topliss-reactive ketones (excluding diaryl/α,β-unsaturated/α-hetero) is 1. The minimum absolute atomic E-state index is 0.000191. The highest BCUT2D eigenvalue weighted by Crippen LogP contribution is 2.27. The largest absolute Gasteiger partial charge is 0.300 e. The van der Waals surface area contributed by atoms with Gasteiger partial charge in [0.15, 0.2) is 0 Å². The van der Waals surface area contributed by atoms with E-state index < -0.39 is 0 Å². The smallest absolute Gasteiger partial charge is 0.238 e. The van der Waals surface area contributed by atoms with Gasteiger partial charge in [0.05, 0.1) is 11.7 Å². The molecule has 1 heterocycles. The summed E-state index contributed by atoms with van der Waals surface area (Å²) in [4.78, 5) is 23.0. The van der Waals surface area contributed by atoms with Crippen LogP contribution >= 0.6 is 0 Å². The van der Waals surface area contributed by atoms with Gasteiger partial charge in [-0.3, -0.25) is 19.6 Å². The van der Waals surface area contributed by atoms with E-state index in [1.54, 1.807) is 18.9 Å². The molecule has 0 spiro atoms. The lowest BCUT2D eigenvalue weighted by Crippen LogP contribution is -2.45. The third-order valence-electron chi connectivity index (χ3n) is 3.18. The van der Waals surface area contributed by atoms with Gasteiger partial charge in [-0.15, -0.1) is 0 Å². The number of amides is 1. The van der Waals surface area contributed by atoms with E-state index in [9.17, 15) is 9.59 Å². The molecule has 0 radical (unpaired) electrons. The molecule has 0 unspecified atom stereocenters. The monoisotopic (exact) mass is 246 g/mol. The van der Waals surface area contributed by atoms with Crippen LogP contribution in [0.15, 0.2) is 30.3 Å². The van der Waals surface area contributed by atoms with E-state index in [0.29, 0.717) is 6.42 Å². The average molecular weight is 246 g/mol. The molecular formula is C14H18N2O2. The molecule has 0 aliphatic carbocycles. The number of para-hydroxylation sites is 1. The predicted octanol–water partition coefficient (Wildman–Crippen LogP) is 2.01. The number of carbonyl (C=O) groups is 2. The van der Waals surface area contributed by atoms with Gasteiger partial charge >= 0.3 is 0 Å². The zero-order chi connectivity index (χ0) is 13.1. The number of ketones is 1. The summed E-state index contributed by atoms with van der Waals surface area (Å²) in [6.45, 7) is 3.90. The van der Waals surface area contributed by atoms with Crippen LogP contribution in [0, 0.1) is 0 Å². The van der Waals surface area contributed by atoms with E-state index in [2.05, 4.69) is 0 Å². The van der Waals surface area contributed by atoms with Crippen LogP contribution in [-0.2, 0) is 9.59 Å². The Labute approximate surface area is 107 Å². The van der Waals surface area contributed by atoms with Crippen molar-refractivity contribution in [2.75, 3.05) is 11.6 Å². The Kier molecular flexibility index (Phi) is 3.65. The fourth-order valence-corrected chi connectivity index (χ4v) is 2.50. The Morgan fingerprint density at radius 2 is 1.89 bits per heavy atom. The number of benzene rings is 1. The molecular weight excluding hydrogens is 228 g/mol. The van der Waals surface area contributed by atoms with E-state index >= 15 is 0 Å². The van der Waals surface area contributed by atoms with E-state index in [4.69, 9.17) is 0 Å². The van der Waals surface area contributed by atoms with E-state index in [0.717, 1.165) is 18.7 Å². The van der Waals surface area contributed by atoms with Crippen molar-refractivity contribution in [3.8, 4) is 0 Å². The quantitative estimate of drug-likeness (QED) is 0.819. The van der Waals surface area contributed by atoms with Gasteiger partial charge in [0.25, 0.3) is 0 Å². The van der Waals surface area contributed by atoms with Crippen molar-refractivity contribution in [1.82, 2.24) is 5.01 Å². The maximum absolute atomic E-state index is 11.8. The van der Waals surface area contributed by atoms with Crippen molar-refractivity contribution < 1.29 is 9.59 Å². The van der Waals surface area contributed by atoms with Crippen molar-refractivity contribution in [2.24, 2.45) is 0 Å².